The molecular weight excluding hydrogens is 325 g/mol. The highest BCUT2D eigenvalue weighted by Gasteiger charge is 2.06. The van der Waals surface area contributed by atoms with Gasteiger partial charge >= 0.3 is 0 Å². The molecule has 2 aromatic carbocycles. The van der Waals surface area contributed by atoms with Crippen molar-refractivity contribution in [1.82, 2.24) is 5.32 Å². The van der Waals surface area contributed by atoms with Crippen molar-refractivity contribution in [3.8, 4) is 0 Å². The molecule has 2 rings (SSSR count). The first-order chi connectivity index (χ1) is 9.19. The van der Waals surface area contributed by atoms with Crippen LogP contribution in [0.4, 0.5) is 4.39 Å². The normalized spacial score (nSPS) is 10.7. The quantitative estimate of drug-likeness (QED) is 0.835. The molecule has 2 aromatic rings. The van der Waals surface area contributed by atoms with Gasteiger partial charge in [0.2, 0.25) is 0 Å². The third-order valence-electron chi connectivity index (χ3n) is 2.63. The first kappa shape index (κ1) is 14.6. The molecule has 0 aliphatic rings. The van der Waals surface area contributed by atoms with Gasteiger partial charge in [0.15, 0.2) is 0 Å². The lowest BCUT2D eigenvalue weighted by Crippen LogP contribution is -2.12. The topological polar surface area (TPSA) is 12.0 Å². The van der Waals surface area contributed by atoms with E-state index in [0.29, 0.717) is 6.54 Å². The summed E-state index contributed by atoms with van der Waals surface area (Å²) in [7, 11) is 0. The molecule has 0 heterocycles. The maximum Gasteiger partial charge on any atom is 0.123 e. The Morgan fingerprint density at radius 1 is 1.16 bits per heavy atom. The second kappa shape index (κ2) is 7.08. The van der Waals surface area contributed by atoms with Gasteiger partial charge in [0, 0.05) is 20.8 Å². The highest BCUT2D eigenvalue weighted by Crippen LogP contribution is 2.31. The van der Waals surface area contributed by atoms with Gasteiger partial charge in [-0.15, -0.1) is 0 Å². The minimum Gasteiger partial charge on any atom is -0.313 e. The molecule has 0 aliphatic heterocycles. The van der Waals surface area contributed by atoms with Gasteiger partial charge in [-0.2, -0.15) is 0 Å². The first-order valence-electron chi connectivity index (χ1n) is 6.11. The van der Waals surface area contributed by atoms with E-state index >= 15 is 0 Å². The Hall–Kier alpha value is -0.840. The number of halogens is 2. The van der Waals surface area contributed by atoms with Gasteiger partial charge < -0.3 is 5.32 Å². The Kier molecular flexibility index (Phi) is 5.43. The van der Waals surface area contributed by atoms with E-state index in [1.54, 1.807) is 17.8 Å². The molecule has 100 valence electrons. The third kappa shape index (κ3) is 4.34. The van der Waals surface area contributed by atoms with Crippen LogP contribution < -0.4 is 5.32 Å². The van der Waals surface area contributed by atoms with E-state index < -0.39 is 0 Å². The molecule has 19 heavy (non-hydrogen) atoms. The zero-order valence-corrected chi connectivity index (χ0v) is 13.0. The van der Waals surface area contributed by atoms with Crippen molar-refractivity contribution in [3.05, 3.63) is 58.3 Å². The summed E-state index contributed by atoms with van der Waals surface area (Å²) in [6, 6.07) is 13.1. The molecule has 0 atom stereocenters. The Morgan fingerprint density at radius 3 is 2.58 bits per heavy atom. The molecule has 0 fully saturated rings. The van der Waals surface area contributed by atoms with Gasteiger partial charge in [0.1, 0.15) is 5.82 Å². The Morgan fingerprint density at radius 2 is 1.89 bits per heavy atom. The number of rotatable bonds is 5. The van der Waals surface area contributed by atoms with Crippen molar-refractivity contribution >= 4 is 27.7 Å². The number of hydrogen-bond donors (Lipinski definition) is 1. The van der Waals surface area contributed by atoms with Gasteiger partial charge in [-0.05, 0) is 54.6 Å². The second-order valence-electron chi connectivity index (χ2n) is 4.09. The summed E-state index contributed by atoms with van der Waals surface area (Å²) < 4.78 is 14.4. The molecule has 0 amide bonds. The summed E-state index contributed by atoms with van der Waals surface area (Å²) >= 11 is 5.07. The highest BCUT2D eigenvalue weighted by molar-refractivity contribution is 9.10. The summed E-state index contributed by atoms with van der Waals surface area (Å²) in [6.07, 6.45) is 0. The molecule has 0 saturated heterocycles. The highest BCUT2D eigenvalue weighted by atomic mass is 79.9. The predicted octanol–water partition coefficient (Wildman–Crippen LogP) is 4.85. The summed E-state index contributed by atoms with van der Waals surface area (Å²) in [5.41, 5.74) is 0.995. The average Bonchev–Trinajstić information content (AvgIpc) is 2.41. The number of benzene rings is 2. The van der Waals surface area contributed by atoms with Crippen molar-refractivity contribution < 1.29 is 4.39 Å². The van der Waals surface area contributed by atoms with Gasteiger partial charge in [-0.25, -0.2) is 4.39 Å². The van der Waals surface area contributed by atoms with E-state index in [1.807, 2.05) is 25.1 Å². The van der Waals surface area contributed by atoms with Crippen LogP contribution in [0, 0.1) is 5.82 Å². The number of hydrogen-bond acceptors (Lipinski definition) is 2. The molecule has 0 radical (unpaired) electrons. The predicted molar refractivity (Wildman–Crippen MR) is 82.0 cm³/mol. The van der Waals surface area contributed by atoms with Crippen molar-refractivity contribution in [3.63, 3.8) is 0 Å². The van der Waals surface area contributed by atoms with E-state index in [0.717, 1.165) is 26.4 Å². The molecule has 4 heteroatoms. The van der Waals surface area contributed by atoms with Crippen molar-refractivity contribution in [2.45, 2.75) is 23.3 Å². The van der Waals surface area contributed by atoms with Gasteiger partial charge in [-0.1, -0.05) is 34.6 Å². The maximum atomic E-state index is 13.3. The first-order valence-corrected chi connectivity index (χ1v) is 7.72. The largest absolute Gasteiger partial charge is 0.313 e. The van der Waals surface area contributed by atoms with E-state index in [2.05, 4.69) is 33.4 Å². The third-order valence-corrected chi connectivity index (χ3v) is 4.28. The molecule has 1 N–H and O–H groups in total. The fourth-order valence-corrected chi connectivity index (χ4v) is 2.86. The van der Waals surface area contributed by atoms with Crippen molar-refractivity contribution in [2.75, 3.05) is 6.54 Å². The van der Waals surface area contributed by atoms with Gasteiger partial charge in [0.05, 0.1) is 0 Å². The second-order valence-corrected chi connectivity index (χ2v) is 6.12. The van der Waals surface area contributed by atoms with Crippen LogP contribution in [0.25, 0.3) is 0 Å². The summed E-state index contributed by atoms with van der Waals surface area (Å²) in [4.78, 5) is 2.23. The lowest BCUT2D eigenvalue weighted by molar-refractivity contribution is 0.619. The van der Waals surface area contributed by atoms with E-state index in [9.17, 15) is 4.39 Å². The lowest BCUT2D eigenvalue weighted by atomic mass is 10.2. The fraction of sp³-hybridized carbons (Fsp3) is 0.200. The molecule has 0 aromatic heterocycles. The zero-order valence-electron chi connectivity index (χ0n) is 10.6. The van der Waals surface area contributed by atoms with Crippen LogP contribution in [-0.4, -0.2) is 6.54 Å². The SMILES string of the molecule is CCNCc1cc(F)ccc1Sc1ccc(Br)cc1. The standard InChI is InChI=1S/C15H15BrFNS/c1-2-18-10-11-9-13(17)5-8-15(11)19-14-6-3-12(16)4-7-14/h3-9,18H,2,10H2,1H3. The van der Waals surface area contributed by atoms with Crippen LogP contribution >= 0.6 is 27.7 Å². The van der Waals surface area contributed by atoms with Gasteiger partial charge in [0.25, 0.3) is 0 Å². The van der Waals surface area contributed by atoms with Crippen LogP contribution in [0.2, 0.25) is 0 Å². The molecule has 0 bridgehead atoms. The van der Waals surface area contributed by atoms with Crippen LogP contribution in [0.1, 0.15) is 12.5 Å². The smallest absolute Gasteiger partial charge is 0.123 e. The van der Waals surface area contributed by atoms with Crippen LogP contribution in [0.15, 0.2) is 56.7 Å². The van der Waals surface area contributed by atoms with E-state index in [4.69, 9.17) is 0 Å². The minimum atomic E-state index is -0.187. The van der Waals surface area contributed by atoms with Crippen molar-refractivity contribution in [2.24, 2.45) is 0 Å². The van der Waals surface area contributed by atoms with Crippen LogP contribution in [0.3, 0.4) is 0 Å². The fourth-order valence-electron chi connectivity index (χ4n) is 1.68. The van der Waals surface area contributed by atoms with Crippen LogP contribution in [0.5, 0.6) is 0 Å². The van der Waals surface area contributed by atoms with Gasteiger partial charge in [-0.3, -0.25) is 0 Å². The molecule has 0 saturated carbocycles. The number of nitrogens with one attached hydrogen (secondary N) is 1. The van der Waals surface area contributed by atoms with Crippen LogP contribution in [-0.2, 0) is 6.54 Å². The summed E-state index contributed by atoms with van der Waals surface area (Å²) in [6.45, 7) is 3.60. The molecule has 0 aliphatic carbocycles. The Labute approximate surface area is 125 Å². The average molecular weight is 340 g/mol. The minimum absolute atomic E-state index is 0.187. The molecular formula is C15H15BrFNS. The maximum absolute atomic E-state index is 13.3. The molecule has 0 spiro atoms. The van der Waals surface area contributed by atoms with E-state index in [1.165, 1.54) is 6.07 Å². The lowest BCUT2D eigenvalue weighted by Gasteiger charge is -2.10. The summed E-state index contributed by atoms with van der Waals surface area (Å²) in [5, 5.41) is 3.24. The zero-order chi connectivity index (χ0) is 13.7. The Balaban J connectivity index is 2.20. The monoisotopic (exact) mass is 339 g/mol. The summed E-state index contributed by atoms with van der Waals surface area (Å²) in [5.74, 6) is -0.187. The Bertz CT molecular complexity index is 542. The van der Waals surface area contributed by atoms with Crippen molar-refractivity contribution in [1.29, 1.82) is 0 Å². The molecule has 0 unspecified atom stereocenters. The molecule has 1 nitrogen and oxygen atoms in total. The van der Waals surface area contributed by atoms with E-state index in [-0.39, 0.29) is 5.82 Å².